The average molecular weight is 124 g/mol. The smallest absolute Gasteiger partial charge is 0.0571 e. The Kier molecular flexibility index (Phi) is 2.60. The molecule has 0 spiro atoms. The van der Waals surface area contributed by atoms with E-state index < -0.39 is 0 Å². The number of methoxy groups -OCH3 is 1. The van der Waals surface area contributed by atoms with Gasteiger partial charge in [0.05, 0.1) is 6.61 Å². The topological polar surface area (TPSA) is 9.23 Å². The summed E-state index contributed by atoms with van der Waals surface area (Å²) in [6, 6.07) is 0. The van der Waals surface area contributed by atoms with E-state index in [4.69, 9.17) is 4.74 Å². The summed E-state index contributed by atoms with van der Waals surface area (Å²) < 4.78 is 4.84. The Morgan fingerprint density at radius 1 is 1.56 bits per heavy atom. The molecule has 1 nitrogen and oxygen atoms in total. The van der Waals surface area contributed by atoms with Crippen molar-refractivity contribution < 1.29 is 4.74 Å². The van der Waals surface area contributed by atoms with Gasteiger partial charge in [-0.1, -0.05) is 5.92 Å². The lowest BCUT2D eigenvalue weighted by atomic mass is 10.4. The van der Waals surface area contributed by atoms with Crippen molar-refractivity contribution in [2.75, 3.05) is 13.7 Å². The van der Waals surface area contributed by atoms with Gasteiger partial charge in [0.1, 0.15) is 0 Å². The highest BCUT2D eigenvalue weighted by molar-refractivity contribution is 5.08. The van der Waals surface area contributed by atoms with Crippen LogP contribution >= 0.6 is 0 Å². The number of hydrogen-bond acceptors (Lipinski definition) is 1. The van der Waals surface area contributed by atoms with Gasteiger partial charge in [-0.25, -0.2) is 0 Å². The summed E-state index contributed by atoms with van der Waals surface area (Å²) in [6.07, 6.45) is 3.53. The molecule has 0 N–H and O–H groups in total. The van der Waals surface area contributed by atoms with E-state index in [1.807, 2.05) is 0 Å². The summed E-state index contributed by atoms with van der Waals surface area (Å²) in [5.74, 6) is 6.97. The van der Waals surface area contributed by atoms with Crippen molar-refractivity contribution in [2.45, 2.75) is 19.3 Å². The fourth-order valence-electron chi connectivity index (χ4n) is 0.597. The minimum Gasteiger partial charge on any atom is -0.384 e. The van der Waals surface area contributed by atoms with Crippen LogP contribution in [0.5, 0.6) is 0 Å². The van der Waals surface area contributed by atoms with Gasteiger partial charge in [-0.05, 0) is 12.8 Å². The lowest BCUT2D eigenvalue weighted by Gasteiger charge is -1.86. The Balaban J connectivity index is 1.96. The summed E-state index contributed by atoms with van der Waals surface area (Å²) >= 11 is 0. The molecule has 0 bridgehead atoms. The van der Waals surface area contributed by atoms with Crippen LogP contribution < -0.4 is 0 Å². The van der Waals surface area contributed by atoms with Gasteiger partial charge in [-0.3, -0.25) is 0 Å². The molecule has 50 valence electrons. The van der Waals surface area contributed by atoms with Crippen LogP contribution in [0.15, 0.2) is 0 Å². The van der Waals surface area contributed by atoms with E-state index in [1.54, 1.807) is 7.11 Å². The maximum Gasteiger partial charge on any atom is 0.0571 e. The van der Waals surface area contributed by atoms with E-state index in [1.165, 1.54) is 12.8 Å². The fourth-order valence-corrected chi connectivity index (χ4v) is 0.597. The maximum atomic E-state index is 4.84. The average Bonchev–Trinajstić information content (AvgIpc) is 2.63. The van der Waals surface area contributed by atoms with E-state index >= 15 is 0 Å². The molecule has 1 rings (SSSR count). The first-order valence-corrected chi connectivity index (χ1v) is 3.41. The second kappa shape index (κ2) is 3.53. The zero-order valence-electron chi connectivity index (χ0n) is 5.81. The SMILES string of the molecule is COCCC#CC1CC1. The van der Waals surface area contributed by atoms with Crippen LogP contribution in [0, 0.1) is 17.8 Å². The lowest BCUT2D eigenvalue weighted by molar-refractivity contribution is 0.206. The van der Waals surface area contributed by atoms with Gasteiger partial charge in [0.2, 0.25) is 0 Å². The highest BCUT2D eigenvalue weighted by Crippen LogP contribution is 2.27. The van der Waals surface area contributed by atoms with Crippen LogP contribution in [0.25, 0.3) is 0 Å². The first-order valence-electron chi connectivity index (χ1n) is 3.41. The van der Waals surface area contributed by atoms with Crippen molar-refractivity contribution in [2.24, 2.45) is 5.92 Å². The third-order valence-electron chi connectivity index (χ3n) is 1.31. The Bertz CT molecular complexity index is 125. The molecular weight excluding hydrogens is 112 g/mol. The van der Waals surface area contributed by atoms with E-state index in [9.17, 15) is 0 Å². The fraction of sp³-hybridized carbons (Fsp3) is 0.750. The summed E-state index contributed by atoms with van der Waals surface area (Å²) in [4.78, 5) is 0. The lowest BCUT2D eigenvalue weighted by Crippen LogP contribution is -1.83. The van der Waals surface area contributed by atoms with Crippen LogP contribution in [0.3, 0.4) is 0 Å². The Hall–Kier alpha value is -0.480. The second-order valence-corrected chi connectivity index (χ2v) is 2.34. The van der Waals surface area contributed by atoms with Gasteiger partial charge in [0, 0.05) is 19.4 Å². The molecule has 0 atom stereocenters. The molecule has 9 heavy (non-hydrogen) atoms. The molecule has 1 fully saturated rings. The molecular formula is C8H12O. The molecule has 0 aromatic carbocycles. The van der Waals surface area contributed by atoms with Gasteiger partial charge in [-0.2, -0.15) is 0 Å². The Labute approximate surface area is 56.4 Å². The van der Waals surface area contributed by atoms with Crippen LogP contribution in [0.1, 0.15) is 19.3 Å². The molecule has 0 unspecified atom stereocenters. The third kappa shape index (κ3) is 3.16. The van der Waals surface area contributed by atoms with Crippen LogP contribution in [0.2, 0.25) is 0 Å². The van der Waals surface area contributed by atoms with Crippen molar-refractivity contribution >= 4 is 0 Å². The molecule has 1 aliphatic carbocycles. The quantitative estimate of drug-likeness (QED) is 0.400. The van der Waals surface area contributed by atoms with Gasteiger partial charge >= 0.3 is 0 Å². The predicted molar refractivity (Wildman–Crippen MR) is 37.0 cm³/mol. The zero-order chi connectivity index (χ0) is 6.53. The van der Waals surface area contributed by atoms with E-state index in [0.717, 1.165) is 18.9 Å². The highest BCUT2D eigenvalue weighted by atomic mass is 16.5. The minimum atomic E-state index is 0.738. The molecule has 0 amide bonds. The molecule has 1 saturated carbocycles. The zero-order valence-corrected chi connectivity index (χ0v) is 5.81. The highest BCUT2D eigenvalue weighted by Gasteiger charge is 2.17. The molecule has 0 aliphatic heterocycles. The predicted octanol–water partition coefficient (Wildman–Crippen LogP) is 1.44. The molecule has 0 aromatic heterocycles. The van der Waals surface area contributed by atoms with Crippen molar-refractivity contribution in [3.05, 3.63) is 0 Å². The standard InChI is InChI=1S/C8H12O/c1-9-7-3-2-4-8-5-6-8/h8H,3,5-7H2,1H3. The first-order chi connectivity index (χ1) is 4.43. The van der Waals surface area contributed by atoms with Crippen LogP contribution in [-0.4, -0.2) is 13.7 Å². The van der Waals surface area contributed by atoms with Gasteiger partial charge in [0.15, 0.2) is 0 Å². The largest absolute Gasteiger partial charge is 0.384 e. The van der Waals surface area contributed by atoms with Gasteiger partial charge in [-0.15, -0.1) is 5.92 Å². The molecule has 0 aromatic rings. The summed E-state index contributed by atoms with van der Waals surface area (Å²) in [5, 5.41) is 0. The Morgan fingerprint density at radius 2 is 2.33 bits per heavy atom. The van der Waals surface area contributed by atoms with Gasteiger partial charge in [0.25, 0.3) is 0 Å². The van der Waals surface area contributed by atoms with E-state index in [2.05, 4.69) is 11.8 Å². The van der Waals surface area contributed by atoms with Crippen molar-refractivity contribution in [3.63, 3.8) is 0 Å². The summed E-state index contributed by atoms with van der Waals surface area (Å²) in [7, 11) is 1.71. The van der Waals surface area contributed by atoms with Crippen LogP contribution in [0.4, 0.5) is 0 Å². The van der Waals surface area contributed by atoms with E-state index in [0.29, 0.717) is 0 Å². The van der Waals surface area contributed by atoms with Crippen molar-refractivity contribution in [3.8, 4) is 11.8 Å². The van der Waals surface area contributed by atoms with Gasteiger partial charge < -0.3 is 4.74 Å². The molecule has 0 saturated heterocycles. The van der Waals surface area contributed by atoms with Crippen molar-refractivity contribution in [1.82, 2.24) is 0 Å². The number of hydrogen-bond donors (Lipinski definition) is 0. The van der Waals surface area contributed by atoms with Crippen LogP contribution in [-0.2, 0) is 4.74 Å². The van der Waals surface area contributed by atoms with Crippen molar-refractivity contribution in [1.29, 1.82) is 0 Å². The molecule has 0 radical (unpaired) electrons. The monoisotopic (exact) mass is 124 g/mol. The second-order valence-electron chi connectivity index (χ2n) is 2.34. The molecule has 0 heterocycles. The Morgan fingerprint density at radius 3 is 2.89 bits per heavy atom. The number of rotatable bonds is 2. The molecule has 1 heteroatoms. The third-order valence-corrected chi connectivity index (χ3v) is 1.31. The maximum absolute atomic E-state index is 4.84. The van der Waals surface area contributed by atoms with E-state index in [-0.39, 0.29) is 0 Å². The first kappa shape index (κ1) is 6.64. The minimum absolute atomic E-state index is 0.738. The normalized spacial score (nSPS) is 16.6. The summed E-state index contributed by atoms with van der Waals surface area (Å²) in [6.45, 7) is 0.778. The number of ether oxygens (including phenoxy) is 1. The summed E-state index contributed by atoms with van der Waals surface area (Å²) in [5.41, 5.74) is 0. The molecule has 1 aliphatic rings.